The van der Waals surface area contributed by atoms with Gasteiger partial charge in [-0.2, -0.15) is 0 Å². The van der Waals surface area contributed by atoms with Crippen molar-refractivity contribution in [2.45, 2.75) is 78.7 Å². The van der Waals surface area contributed by atoms with Crippen molar-refractivity contribution in [3.05, 3.63) is 0 Å². The van der Waals surface area contributed by atoms with Crippen LogP contribution in [0.5, 0.6) is 0 Å². The van der Waals surface area contributed by atoms with Crippen molar-refractivity contribution in [1.82, 2.24) is 0 Å². The fourth-order valence-electron chi connectivity index (χ4n) is 4.31. The Bertz CT molecular complexity index is 696. The van der Waals surface area contributed by atoms with E-state index in [0.717, 1.165) is 0 Å². The summed E-state index contributed by atoms with van der Waals surface area (Å²) in [4.78, 5) is 0. The Hall–Kier alpha value is -0.640. The van der Waals surface area contributed by atoms with E-state index in [4.69, 9.17) is 40.9 Å². The van der Waals surface area contributed by atoms with Crippen LogP contribution in [0.25, 0.3) is 0 Å². The lowest BCUT2D eigenvalue weighted by Gasteiger charge is -2.56. The number of hydrogen-bond acceptors (Lipinski definition) is 16. The monoisotopic (exact) mass is 501 g/mol. The Morgan fingerprint density at radius 3 is 2.09 bits per heavy atom. The van der Waals surface area contributed by atoms with Gasteiger partial charge in [0.25, 0.3) is 0 Å². The predicted octanol–water partition coefficient (Wildman–Crippen LogP) is -6.97. The van der Waals surface area contributed by atoms with Gasteiger partial charge in [0, 0.05) is 18.9 Å². The maximum atomic E-state index is 11.6. The number of hydrogen-bond donors (Lipinski definition) is 11. The van der Waals surface area contributed by atoms with E-state index in [1.165, 1.54) is 0 Å². The zero-order valence-corrected chi connectivity index (χ0v) is 18.3. The molecule has 3 aliphatic heterocycles. The Balaban J connectivity index is 1.99. The Morgan fingerprint density at radius 1 is 0.853 bits per heavy atom. The van der Waals surface area contributed by atoms with E-state index in [0.29, 0.717) is 0 Å². The van der Waals surface area contributed by atoms with E-state index < -0.39 is 98.5 Å². The topological polar surface area (TPSA) is 286 Å². The molecule has 16 heteroatoms. The van der Waals surface area contributed by atoms with E-state index >= 15 is 0 Å². The second kappa shape index (κ2) is 10.0. The summed E-state index contributed by atoms with van der Waals surface area (Å²) < 4.78 is 27.5. The highest BCUT2D eigenvalue weighted by molar-refractivity contribution is 5.02. The molecule has 0 amide bonds. The molecule has 0 bridgehead atoms. The Kier molecular flexibility index (Phi) is 8.23. The summed E-state index contributed by atoms with van der Waals surface area (Å²) in [5.41, 5.74) is 17.2. The molecule has 3 rings (SSSR count). The van der Waals surface area contributed by atoms with Gasteiger partial charge in [-0.3, -0.25) is 0 Å². The average Bonchev–Trinajstić information content (AvgIpc) is 2.79. The van der Waals surface area contributed by atoms with Crippen molar-refractivity contribution in [2.24, 2.45) is 17.2 Å². The summed E-state index contributed by atoms with van der Waals surface area (Å²) >= 11 is 0. The van der Waals surface area contributed by atoms with Gasteiger partial charge < -0.3 is 81.7 Å². The molecule has 0 aromatic rings. The zero-order valence-electron chi connectivity index (χ0n) is 18.3. The van der Waals surface area contributed by atoms with Crippen LogP contribution >= 0.6 is 0 Å². The lowest BCUT2D eigenvalue weighted by molar-refractivity contribution is -0.518. The fraction of sp³-hybridized carbons (Fsp3) is 1.00. The van der Waals surface area contributed by atoms with Gasteiger partial charge >= 0.3 is 0 Å². The van der Waals surface area contributed by atoms with Crippen LogP contribution in [0.1, 0.15) is 12.8 Å². The normalized spacial score (nSPS) is 52.5. The van der Waals surface area contributed by atoms with Crippen LogP contribution in [-0.4, -0.2) is 140 Å². The predicted molar refractivity (Wildman–Crippen MR) is 107 cm³/mol. The van der Waals surface area contributed by atoms with Crippen LogP contribution in [0.2, 0.25) is 0 Å². The van der Waals surface area contributed by atoms with E-state index in [1.54, 1.807) is 0 Å². The largest absolute Gasteiger partial charge is 0.391 e. The highest BCUT2D eigenvalue weighted by atomic mass is 16.9. The number of rotatable bonds is 7. The van der Waals surface area contributed by atoms with Crippen LogP contribution in [0, 0.1) is 0 Å². The number of aliphatic hydroxyl groups is 8. The molecule has 0 aromatic heterocycles. The van der Waals surface area contributed by atoms with Crippen molar-refractivity contribution < 1.29 is 64.5 Å². The third-order valence-corrected chi connectivity index (χ3v) is 6.39. The SMILES string of the molecule is NC1COC(CO)(OC2(CO)OCC(N)C(O)C2O)C(O)(OC2(CO)CC(O)C(N)C(O)O2)C1. The maximum Gasteiger partial charge on any atom is 0.250 e. The number of nitrogens with two attached hydrogens (primary N) is 3. The van der Waals surface area contributed by atoms with Crippen LogP contribution in [0.3, 0.4) is 0 Å². The molecule has 0 aliphatic carbocycles. The van der Waals surface area contributed by atoms with Crippen LogP contribution < -0.4 is 17.2 Å². The summed E-state index contributed by atoms with van der Waals surface area (Å²) in [6, 6.07) is -3.21. The van der Waals surface area contributed by atoms with Crippen LogP contribution in [0.4, 0.5) is 0 Å². The molecule has 0 saturated carbocycles. The molecule has 11 atom stereocenters. The van der Waals surface area contributed by atoms with Gasteiger partial charge in [-0.05, 0) is 0 Å². The molecule has 0 spiro atoms. The van der Waals surface area contributed by atoms with Crippen molar-refractivity contribution >= 4 is 0 Å². The van der Waals surface area contributed by atoms with Crippen molar-refractivity contribution in [3.63, 3.8) is 0 Å². The zero-order chi connectivity index (χ0) is 25.5. The van der Waals surface area contributed by atoms with Gasteiger partial charge in [-0.1, -0.05) is 0 Å². The lowest BCUT2D eigenvalue weighted by atomic mass is 9.91. The minimum Gasteiger partial charge on any atom is -0.391 e. The molecule has 34 heavy (non-hydrogen) atoms. The first-order valence-electron chi connectivity index (χ1n) is 10.7. The van der Waals surface area contributed by atoms with E-state index in [2.05, 4.69) is 0 Å². The van der Waals surface area contributed by atoms with Crippen molar-refractivity contribution in [2.75, 3.05) is 33.0 Å². The van der Waals surface area contributed by atoms with Gasteiger partial charge in [0.1, 0.15) is 25.4 Å². The summed E-state index contributed by atoms with van der Waals surface area (Å²) in [5, 5.41) is 82.9. The molecule has 11 unspecified atom stereocenters. The van der Waals surface area contributed by atoms with Gasteiger partial charge in [0.05, 0.1) is 38.0 Å². The molecule has 3 fully saturated rings. The molecule has 3 aliphatic rings. The minimum atomic E-state index is -2.79. The fourth-order valence-corrected chi connectivity index (χ4v) is 4.31. The summed E-state index contributed by atoms with van der Waals surface area (Å²) in [7, 11) is 0. The minimum absolute atomic E-state index is 0.311. The first-order chi connectivity index (χ1) is 15.8. The average molecular weight is 501 g/mol. The quantitative estimate of drug-likeness (QED) is 0.144. The van der Waals surface area contributed by atoms with Gasteiger partial charge in [-0.15, -0.1) is 0 Å². The Morgan fingerprint density at radius 2 is 1.53 bits per heavy atom. The summed E-state index contributed by atoms with van der Waals surface area (Å²) in [6.45, 7) is -3.97. The molecular weight excluding hydrogens is 466 g/mol. The van der Waals surface area contributed by atoms with Crippen molar-refractivity contribution in [3.8, 4) is 0 Å². The molecule has 0 radical (unpaired) electrons. The summed E-state index contributed by atoms with van der Waals surface area (Å²) in [5.74, 6) is -10.2. The first-order valence-corrected chi connectivity index (χ1v) is 10.7. The standard InChI is InChI=1S/C18H35N3O13/c19-8-1-17(29,33-15(5-22)2-10(25)11(21)14(28)32-15)18(7-24,31-3-8)34-16(6-23)13(27)12(26)9(20)4-30-16/h8-14,22-29H,1-7,19-21H2. The van der Waals surface area contributed by atoms with Gasteiger partial charge in [0.15, 0.2) is 12.1 Å². The van der Waals surface area contributed by atoms with Crippen LogP contribution in [0.15, 0.2) is 0 Å². The van der Waals surface area contributed by atoms with Crippen molar-refractivity contribution in [1.29, 1.82) is 0 Å². The molecular formula is C18H35N3O13. The summed E-state index contributed by atoms with van der Waals surface area (Å²) in [6.07, 6.45) is -7.90. The first kappa shape index (κ1) is 27.9. The maximum absolute atomic E-state index is 11.6. The van der Waals surface area contributed by atoms with E-state index in [9.17, 15) is 40.9 Å². The highest BCUT2D eigenvalue weighted by Crippen LogP contribution is 2.45. The molecule has 14 N–H and O–H groups in total. The second-order valence-corrected chi connectivity index (χ2v) is 8.98. The van der Waals surface area contributed by atoms with Gasteiger partial charge in [-0.25, -0.2) is 0 Å². The van der Waals surface area contributed by atoms with E-state index in [1.807, 2.05) is 0 Å². The molecule has 200 valence electrons. The third kappa shape index (κ3) is 4.71. The molecule has 0 aromatic carbocycles. The number of ether oxygens (including phenoxy) is 5. The Labute approximate surface area is 194 Å². The molecule has 3 heterocycles. The van der Waals surface area contributed by atoms with E-state index in [-0.39, 0.29) is 13.2 Å². The molecule has 3 saturated heterocycles. The smallest absolute Gasteiger partial charge is 0.250 e. The lowest BCUT2D eigenvalue weighted by Crippen LogP contribution is -2.76. The van der Waals surface area contributed by atoms with Crippen LogP contribution in [-0.2, 0) is 23.7 Å². The number of aliphatic hydroxyl groups excluding tert-OH is 7. The molecule has 16 nitrogen and oxygen atoms in total. The highest BCUT2D eigenvalue weighted by Gasteiger charge is 2.66. The van der Waals surface area contributed by atoms with Gasteiger partial charge in [0.2, 0.25) is 17.4 Å². The third-order valence-electron chi connectivity index (χ3n) is 6.39. The second-order valence-electron chi connectivity index (χ2n) is 8.98.